The van der Waals surface area contributed by atoms with Crippen molar-refractivity contribution in [2.24, 2.45) is 0 Å². The number of carbonyl (C=O) groups is 2. The molecule has 8 heteroatoms. The van der Waals surface area contributed by atoms with Crippen molar-refractivity contribution in [3.05, 3.63) is 0 Å². The number of rotatable bonds is 10. The Morgan fingerprint density at radius 2 is 1.46 bits per heavy atom. The van der Waals surface area contributed by atoms with Gasteiger partial charge in [-0.05, 0) is 6.42 Å². The molecule has 26 heavy (non-hydrogen) atoms. The van der Waals surface area contributed by atoms with Gasteiger partial charge >= 0.3 is 5.97 Å². The van der Waals surface area contributed by atoms with E-state index in [9.17, 15) is 9.59 Å². The Hall–Kier alpha value is -1.22. The van der Waals surface area contributed by atoms with Gasteiger partial charge in [-0.3, -0.25) is 4.79 Å². The third-order valence-electron chi connectivity index (χ3n) is 4.71. The highest BCUT2D eigenvalue weighted by molar-refractivity contribution is 5.82. The minimum atomic E-state index is -0.916. The quantitative estimate of drug-likeness (QED) is 0.458. The lowest BCUT2D eigenvalue weighted by molar-refractivity contribution is -0.314. The van der Waals surface area contributed by atoms with Gasteiger partial charge < -0.3 is 29.0 Å². The Kier molecular flexibility index (Phi) is 9.31. The highest BCUT2D eigenvalue weighted by Gasteiger charge is 2.49. The van der Waals surface area contributed by atoms with Crippen molar-refractivity contribution in [2.75, 3.05) is 27.2 Å². The summed E-state index contributed by atoms with van der Waals surface area (Å²) < 4.78 is 26.3. The molecule has 150 valence electrons. The van der Waals surface area contributed by atoms with E-state index in [4.69, 9.17) is 23.7 Å². The zero-order chi connectivity index (χ0) is 18.8. The number of ether oxygens (including phenoxy) is 5. The molecule has 2 saturated heterocycles. The number of hydrogen-bond acceptors (Lipinski definition) is 7. The molecule has 0 saturated carbocycles. The lowest BCUT2D eigenvalue weighted by atomic mass is 10.00. The third-order valence-corrected chi connectivity index (χ3v) is 4.71. The number of esters is 1. The van der Waals surface area contributed by atoms with Crippen LogP contribution < -0.4 is 5.32 Å². The predicted octanol–water partition coefficient (Wildman–Crippen LogP) is 1.51. The molecule has 2 aliphatic heterocycles. The maximum absolute atomic E-state index is 12.4. The standard InChI is InChI=1S/C18H31NO7/c1-3-4-5-6-7-8-9-10-19-17(20)15-13-14(24-11-25-15)16(18(21)22-2)26-12-23-13/h13-16H,3-12H2,1-2H3,(H,19,20)/t13-,14-,15-,16+/m0/s1. The van der Waals surface area contributed by atoms with Crippen LogP contribution in [0.2, 0.25) is 0 Å². The molecule has 4 atom stereocenters. The average Bonchev–Trinajstić information content (AvgIpc) is 2.68. The molecular formula is C18H31NO7. The minimum absolute atomic E-state index is 0.100. The number of carbonyl (C=O) groups excluding carboxylic acids is 2. The summed E-state index contributed by atoms with van der Waals surface area (Å²) >= 11 is 0. The van der Waals surface area contributed by atoms with E-state index in [0.717, 1.165) is 12.8 Å². The summed E-state index contributed by atoms with van der Waals surface area (Å²) in [6, 6.07) is 0. The SMILES string of the molecule is CCCCCCCCCNC(=O)[C@H]1OCO[C@H]2[C@@H]1OCO[C@H]2C(=O)OC. The van der Waals surface area contributed by atoms with Gasteiger partial charge in [0.25, 0.3) is 5.91 Å². The van der Waals surface area contributed by atoms with Gasteiger partial charge in [0.05, 0.1) is 7.11 Å². The Labute approximate surface area is 154 Å². The molecular weight excluding hydrogens is 342 g/mol. The van der Waals surface area contributed by atoms with Crippen molar-refractivity contribution in [3.8, 4) is 0 Å². The normalized spacial score (nSPS) is 28.2. The van der Waals surface area contributed by atoms with Crippen molar-refractivity contribution >= 4 is 11.9 Å². The number of nitrogens with one attached hydrogen (secondary N) is 1. The smallest absolute Gasteiger partial charge is 0.337 e. The lowest BCUT2D eigenvalue weighted by Crippen LogP contribution is -2.62. The summed E-state index contributed by atoms with van der Waals surface area (Å²) in [4.78, 5) is 24.3. The van der Waals surface area contributed by atoms with Gasteiger partial charge in [-0.2, -0.15) is 0 Å². The second-order valence-corrected chi connectivity index (χ2v) is 6.61. The number of unbranched alkanes of at least 4 members (excludes halogenated alkanes) is 6. The van der Waals surface area contributed by atoms with E-state index in [1.807, 2.05) is 0 Å². The molecule has 0 aliphatic carbocycles. The van der Waals surface area contributed by atoms with Crippen LogP contribution in [0.3, 0.4) is 0 Å². The maximum Gasteiger partial charge on any atom is 0.337 e. The monoisotopic (exact) mass is 373 g/mol. The van der Waals surface area contributed by atoms with Crippen LogP contribution in [-0.4, -0.2) is 63.5 Å². The molecule has 0 spiro atoms. The summed E-state index contributed by atoms with van der Waals surface area (Å²) in [5.74, 6) is -0.799. The van der Waals surface area contributed by atoms with Crippen molar-refractivity contribution in [1.82, 2.24) is 5.32 Å². The highest BCUT2D eigenvalue weighted by Crippen LogP contribution is 2.26. The van der Waals surface area contributed by atoms with Crippen LogP contribution in [0.15, 0.2) is 0 Å². The molecule has 2 heterocycles. The van der Waals surface area contributed by atoms with Gasteiger partial charge in [0.1, 0.15) is 25.8 Å². The van der Waals surface area contributed by atoms with E-state index in [-0.39, 0.29) is 19.5 Å². The Morgan fingerprint density at radius 1 is 0.885 bits per heavy atom. The summed E-state index contributed by atoms with van der Waals surface area (Å²) in [5, 5.41) is 2.89. The summed E-state index contributed by atoms with van der Waals surface area (Å²) in [5.41, 5.74) is 0. The van der Waals surface area contributed by atoms with Crippen LogP contribution in [0.4, 0.5) is 0 Å². The number of amides is 1. The van der Waals surface area contributed by atoms with Crippen LogP contribution in [-0.2, 0) is 33.3 Å². The summed E-state index contributed by atoms with van der Waals surface area (Å²) in [7, 11) is 1.28. The average molecular weight is 373 g/mol. The fraction of sp³-hybridized carbons (Fsp3) is 0.889. The van der Waals surface area contributed by atoms with Crippen LogP contribution in [0.5, 0.6) is 0 Å². The molecule has 1 amide bonds. The Morgan fingerprint density at radius 3 is 2.12 bits per heavy atom. The van der Waals surface area contributed by atoms with Crippen molar-refractivity contribution in [3.63, 3.8) is 0 Å². The topological polar surface area (TPSA) is 92.3 Å². The van der Waals surface area contributed by atoms with E-state index in [2.05, 4.69) is 12.2 Å². The van der Waals surface area contributed by atoms with Crippen LogP contribution >= 0.6 is 0 Å². The molecule has 2 fully saturated rings. The van der Waals surface area contributed by atoms with Gasteiger partial charge in [-0.25, -0.2) is 4.79 Å². The van der Waals surface area contributed by atoms with E-state index in [1.54, 1.807) is 0 Å². The van der Waals surface area contributed by atoms with Crippen LogP contribution in [0.1, 0.15) is 51.9 Å². The van der Waals surface area contributed by atoms with Crippen LogP contribution in [0, 0.1) is 0 Å². The Balaban J connectivity index is 1.73. The van der Waals surface area contributed by atoms with E-state index >= 15 is 0 Å². The highest BCUT2D eigenvalue weighted by atomic mass is 16.8. The number of hydrogen-bond donors (Lipinski definition) is 1. The first kappa shape index (κ1) is 21.1. The Bertz CT molecular complexity index is 445. The van der Waals surface area contributed by atoms with Crippen molar-refractivity contribution < 1.29 is 33.3 Å². The zero-order valence-electron chi connectivity index (χ0n) is 15.7. The van der Waals surface area contributed by atoms with E-state index in [0.29, 0.717) is 6.54 Å². The summed E-state index contributed by atoms with van der Waals surface area (Å²) in [6.07, 6.45) is 5.12. The van der Waals surface area contributed by atoms with Crippen molar-refractivity contribution in [1.29, 1.82) is 0 Å². The van der Waals surface area contributed by atoms with Crippen molar-refractivity contribution in [2.45, 2.75) is 76.3 Å². The molecule has 0 unspecified atom stereocenters. The number of fused-ring (bicyclic) bond motifs is 1. The molecule has 0 aromatic heterocycles. The van der Waals surface area contributed by atoms with Gasteiger partial charge in [-0.1, -0.05) is 45.4 Å². The molecule has 0 aromatic carbocycles. The second-order valence-electron chi connectivity index (χ2n) is 6.61. The van der Waals surface area contributed by atoms with Gasteiger partial charge in [0.2, 0.25) is 0 Å². The molecule has 0 bridgehead atoms. The minimum Gasteiger partial charge on any atom is -0.467 e. The molecule has 1 N–H and O–H groups in total. The fourth-order valence-corrected chi connectivity index (χ4v) is 3.22. The van der Waals surface area contributed by atoms with E-state index < -0.39 is 30.4 Å². The largest absolute Gasteiger partial charge is 0.467 e. The van der Waals surface area contributed by atoms with Gasteiger partial charge in [0, 0.05) is 6.54 Å². The first-order chi connectivity index (χ1) is 12.7. The second kappa shape index (κ2) is 11.5. The first-order valence-corrected chi connectivity index (χ1v) is 9.51. The number of methoxy groups -OCH3 is 1. The first-order valence-electron chi connectivity index (χ1n) is 9.51. The molecule has 0 aromatic rings. The van der Waals surface area contributed by atoms with E-state index in [1.165, 1.54) is 39.2 Å². The molecule has 2 rings (SSSR count). The summed E-state index contributed by atoms with van der Waals surface area (Å²) in [6.45, 7) is 2.59. The lowest BCUT2D eigenvalue weighted by Gasteiger charge is -2.42. The van der Waals surface area contributed by atoms with Crippen LogP contribution in [0.25, 0.3) is 0 Å². The molecule has 2 aliphatic rings. The predicted molar refractivity (Wildman–Crippen MR) is 92.2 cm³/mol. The molecule has 0 radical (unpaired) electrons. The fourth-order valence-electron chi connectivity index (χ4n) is 3.22. The zero-order valence-corrected chi connectivity index (χ0v) is 15.7. The van der Waals surface area contributed by atoms with Gasteiger partial charge in [0.15, 0.2) is 12.2 Å². The molecule has 8 nitrogen and oxygen atoms in total. The maximum atomic E-state index is 12.4. The van der Waals surface area contributed by atoms with Gasteiger partial charge in [-0.15, -0.1) is 0 Å². The third kappa shape index (κ3) is 5.90.